The molecule has 2 aromatic carbocycles. The predicted molar refractivity (Wildman–Crippen MR) is 84.3 cm³/mol. The summed E-state index contributed by atoms with van der Waals surface area (Å²) in [6, 6.07) is 18.8. The number of nitrogens with zero attached hydrogens (tertiary/aromatic N) is 1. The molecule has 19 heavy (non-hydrogen) atoms. The first-order valence-electron chi connectivity index (χ1n) is 6.93. The van der Waals surface area contributed by atoms with Gasteiger partial charge in [-0.05, 0) is 42.8 Å². The Morgan fingerprint density at radius 3 is 2.16 bits per heavy atom. The fourth-order valence-corrected chi connectivity index (χ4v) is 2.01. The molecule has 2 rings (SSSR count). The average Bonchev–Trinajstić information content (AvgIpc) is 2.46. The number of anilines is 3. The lowest BCUT2D eigenvalue weighted by molar-refractivity contribution is 0.767. The zero-order chi connectivity index (χ0) is 13.5. The largest absolute Gasteiger partial charge is 0.375 e. The third-order valence-electron chi connectivity index (χ3n) is 3.22. The molecule has 0 bridgehead atoms. The highest BCUT2D eigenvalue weighted by molar-refractivity contribution is 5.62. The Labute approximate surface area is 116 Å². The lowest BCUT2D eigenvalue weighted by Crippen LogP contribution is -2.17. The zero-order valence-electron chi connectivity index (χ0n) is 11.8. The first kappa shape index (κ1) is 13.5. The lowest BCUT2D eigenvalue weighted by Gasteiger charge is -2.19. The molecule has 0 aromatic heterocycles. The Morgan fingerprint density at radius 1 is 0.895 bits per heavy atom. The summed E-state index contributed by atoms with van der Waals surface area (Å²) in [5.41, 5.74) is 3.51. The van der Waals surface area contributed by atoms with Crippen LogP contribution in [0.3, 0.4) is 0 Å². The first-order chi connectivity index (χ1) is 9.29. The van der Waals surface area contributed by atoms with E-state index in [2.05, 4.69) is 60.6 Å². The molecule has 0 unspecified atom stereocenters. The molecule has 0 saturated heterocycles. The average molecular weight is 254 g/mol. The summed E-state index contributed by atoms with van der Waals surface area (Å²) < 4.78 is 0. The van der Waals surface area contributed by atoms with Gasteiger partial charge in [-0.15, -0.1) is 0 Å². The molecule has 0 aliphatic heterocycles. The number of rotatable bonds is 6. The van der Waals surface area contributed by atoms with E-state index in [-0.39, 0.29) is 0 Å². The minimum atomic E-state index is 1.11. The van der Waals surface area contributed by atoms with Crippen LogP contribution in [0.4, 0.5) is 17.1 Å². The van der Waals surface area contributed by atoms with Crippen LogP contribution in [0, 0.1) is 0 Å². The summed E-state index contributed by atoms with van der Waals surface area (Å²) in [4.78, 5) is 2.30. The van der Waals surface area contributed by atoms with Crippen molar-refractivity contribution in [3.05, 3.63) is 54.6 Å². The molecule has 0 atom stereocenters. The number of hydrogen-bond acceptors (Lipinski definition) is 2. The monoisotopic (exact) mass is 254 g/mol. The van der Waals surface area contributed by atoms with Crippen LogP contribution < -0.4 is 10.2 Å². The molecule has 0 heterocycles. The number of hydrogen-bond donors (Lipinski definition) is 1. The fraction of sp³-hybridized carbons (Fsp3) is 0.294. The highest BCUT2D eigenvalue weighted by atomic mass is 15.1. The van der Waals surface area contributed by atoms with E-state index < -0.39 is 0 Å². The van der Waals surface area contributed by atoms with Crippen LogP contribution in [0.2, 0.25) is 0 Å². The smallest absolute Gasteiger partial charge is 0.0385 e. The van der Waals surface area contributed by atoms with E-state index in [1.54, 1.807) is 0 Å². The van der Waals surface area contributed by atoms with Crippen molar-refractivity contribution in [2.75, 3.05) is 23.8 Å². The van der Waals surface area contributed by atoms with Gasteiger partial charge in [0.25, 0.3) is 0 Å². The summed E-state index contributed by atoms with van der Waals surface area (Å²) >= 11 is 0. The molecule has 100 valence electrons. The maximum atomic E-state index is 3.39. The van der Waals surface area contributed by atoms with E-state index >= 15 is 0 Å². The van der Waals surface area contributed by atoms with Crippen molar-refractivity contribution in [3.63, 3.8) is 0 Å². The van der Waals surface area contributed by atoms with Crippen LogP contribution in [0.1, 0.15) is 19.8 Å². The minimum absolute atomic E-state index is 1.11. The molecule has 0 radical (unpaired) electrons. The van der Waals surface area contributed by atoms with E-state index in [0.29, 0.717) is 0 Å². The van der Waals surface area contributed by atoms with Gasteiger partial charge in [0, 0.05) is 30.7 Å². The Balaban J connectivity index is 1.98. The zero-order valence-corrected chi connectivity index (χ0v) is 11.8. The van der Waals surface area contributed by atoms with Gasteiger partial charge in [-0.2, -0.15) is 0 Å². The molecular weight excluding hydrogens is 232 g/mol. The molecule has 0 spiro atoms. The van der Waals surface area contributed by atoms with Gasteiger partial charge >= 0.3 is 0 Å². The lowest BCUT2D eigenvalue weighted by atomic mass is 10.2. The Kier molecular flexibility index (Phi) is 4.85. The number of benzene rings is 2. The van der Waals surface area contributed by atoms with Gasteiger partial charge in [-0.25, -0.2) is 0 Å². The highest BCUT2D eigenvalue weighted by Gasteiger charge is 2.00. The molecule has 0 fully saturated rings. The van der Waals surface area contributed by atoms with Gasteiger partial charge in [0.1, 0.15) is 0 Å². The van der Waals surface area contributed by atoms with E-state index in [0.717, 1.165) is 17.9 Å². The van der Waals surface area contributed by atoms with Crippen molar-refractivity contribution < 1.29 is 0 Å². The Morgan fingerprint density at radius 2 is 1.53 bits per heavy atom. The van der Waals surface area contributed by atoms with Crippen LogP contribution in [0.15, 0.2) is 54.6 Å². The van der Waals surface area contributed by atoms with Crippen molar-refractivity contribution in [1.29, 1.82) is 0 Å². The van der Waals surface area contributed by atoms with E-state index in [1.807, 2.05) is 18.2 Å². The summed E-state index contributed by atoms with van der Waals surface area (Å²) in [5, 5.41) is 3.39. The fourth-order valence-electron chi connectivity index (χ4n) is 2.01. The van der Waals surface area contributed by atoms with Crippen LogP contribution in [0.25, 0.3) is 0 Å². The SMILES string of the molecule is CCCCN(C)c1ccc(Nc2ccccc2)cc1. The summed E-state index contributed by atoms with van der Waals surface area (Å²) in [7, 11) is 2.15. The van der Waals surface area contributed by atoms with Crippen molar-refractivity contribution in [2.45, 2.75) is 19.8 Å². The topological polar surface area (TPSA) is 15.3 Å². The first-order valence-corrected chi connectivity index (χ1v) is 6.93. The number of nitrogens with one attached hydrogen (secondary N) is 1. The molecule has 0 amide bonds. The second-order valence-corrected chi connectivity index (χ2v) is 4.81. The van der Waals surface area contributed by atoms with E-state index in [4.69, 9.17) is 0 Å². The van der Waals surface area contributed by atoms with Gasteiger partial charge in [0.15, 0.2) is 0 Å². The van der Waals surface area contributed by atoms with Gasteiger partial charge in [-0.3, -0.25) is 0 Å². The molecule has 2 nitrogen and oxygen atoms in total. The van der Waals surface area contributed by atoms with Crippen LogP contribution in [-0.2, 0) is 0 Å². The van der Waals surface area contributed by atoms with E-state index in [9.17, 15) is 0 Å². The number of unbranched alkanes of at least 4 members (excludes halogenated alkanes) is 1. The summed E-state index contributed by atoms with van der Waals surface area (Å²) in [6.45, 7) is 3.34. The van der Waals surface area contributed by atoms with Gasteiger partial charge < -0.3 is 10.2 Å². The van der Waals surface area contributed by atoms with Gasteiger partial charge in [0.05, 0.1) is 0 Å². The van der Waals surface area contributed by atoms with Crippen molar-refractivity contribution in [1.82, 2.24) is 0 Å². The molecule has 1 N–H and O–H groups in total. The third-order valence-corrected chi connectivity index (χ3v) is 3.22. The van der Waals surface area contributed by atoms with Gasteiger partial charge in [0.2, 0.25) is 0 Å². The number of para-hydroxylation sites is 1. The second-order valence-electron chi connectivity index (χ2n) is 4.81. The standard InChI is InChI=1S/C17H22N2/c1-3-4-14-19(2)17-12-10-16(11-13-17)18-15-8-6-5-7-9-15/h5-13,18H,3-4,14H2,1-2H3. The molecule has 0 aliphatic rings. The molecule has 2 heteroatoms. The van der Waals surface area contributed by atoms with Crippen molar-refractivity contribution in [3.8, 4) is 0 Å². The minimum Gasteiger partial charge on any atom is -0.375 e. The van der Waals surface area contributed by atoms with Crippen LogP contribution >= 0.6 is 0 Å². The maximum absolute atomic E-state index is 3.39. The van der Waals surface area contributed by atoms with E-state index in [1.165, 1.54) is 18.5 Å². The molecule has 0 saturated carbocycles. The third kappa shape index (κ3) is 4.02. The van der Waals surface area contributed by atoms with Gasteiger partial charge in [-0.1, -0.05) is 31.5 Å². The van der Waals surface area contributed by atoms with Crippen LogP contribution in [-0.4, -0.2) is 13.6 Å². The van der Waals surface area contributed by atoms with Crippen molar-refractivity contribution in [2.24, 2.45) is 0 Å². The molecule has 0 aliphatic carbocycles. The molecular formula is C17H22N2. The van der Waals surface area contributed by atoms with Crippen molar-refractivity contribution >= 4 is 17.1 Å². The summed E-state index contributed by atoms with van der Waals surface area (Å²) in [5.74, 6) is 0. The van der Waals surface area contributed by atoms with Crippen LogP contribution in [0.5, 0.6) is 0 Å². The quantitative estimate of drug-likeness (QED) is 0.806. The molecule has 2 aromatic rings. The Bertz CT molecular complexity index is 476. The predicted octanol–water partition coefficient (Wildman–Crippen LogP) is 4.67. The Hall–Kier alpha value is -1.96. The second kappa shape index (κ2) is 6.83. The highest BCUT2D eigenvalue weighted by Crippen LogP contribution is 2.20. The normalized spacial score (nSPS) is 10.2. The maximum Gasteiger partial charge on any atom is 0.0385 e. The summed E-state index contributed by atoms with van der Waals surface area (Å²) in [6.07, 6.45) is 2.47.